The van der Waals surface area contributed by atoms with E-state index in [4.69, 9.17) is 10.00 Å². The smallest absolute Gasteiger partial charge is 0.306 e. The maximum Gasteiger partial charge on any atom is 0.306 e. The monoisotopic (exact) mass is 324 g/mol. The van der Waals surface area contributed by atoms with Gasteiger partial charge in [-0.1, -0.05) is 24.3 Å². The second-order valence-electron chi connectivity index (χ2n) is 5.29. The molecule has 0 N–H and O–H groups in total. The van der Waals surface area contributed by atoms with Gasteiger partial charge in [0.05, 0.1) is 16.6 Å². The number of benzene rings is 2. The molecule has 0 aliphatic rings. The topological polar surface area (TPSA) is 93.2 Å². The minimum atomic E-state index is -0.453. The second-order valence-corrected chi connectivity index (χ2v) is 5.29. The summed E-state index contributed by atoms with van der Waals surface area (Å²) in [7, 11) is 0. The molecule has 0 aliphatic heterocycles. The molecule has 2 aromatic carbocycles. The first-order valence-electron chi connectivity index (χ1n) is 7.39. The summed E-state index contributed by atoms with van der Waals surface area (Å²) in [5, 5.41) is 19.6. The highest BCUT2D eigenvalue weighted by Crippen LogP contribution is 2.21. The Hall–Kier alpha value is -3.20. The zero-order chi connectivity index (χ0) is 17.5. The van der Waals surface area contributed by atoms with Gasteiger partial charge in [0.2, 0.25) is 0 Å². The van der Waals surface area contributed by atoms with Crippen LogP contribution in [0.2, 0.25) is 0 Å². The van der Waals surface area contributed by atoms with Gasteiger partial charge in [-0.2, -0.15) is 5.26 Å². The van der Waals surface area contributed by atoms with Crippen molar-refractivity contribution >= 4 is 11.7 Å². The van der Waals surface area contributed by atoms with Crippen LogP contribution in [0.3, 0.4) is 0 Å². The zero-order valence-corrected chi connectivity index (χ0v) is 13.2. The SMILES string of the molecule is Cc1c(COC(=O)CCc2ccc(C#N)cc2)cccc1[N+](=O)[O-]. The Labute approximate surface area is 139 Å². The van der Waals surface area contributed by atoms with Gasteiger partial charge in [-0.3, -0.25) is 14.9 Å². The highest BCUT2D eigenvalue weighted by molar-refractivity contribution is 5.69. The van der Waals surface area contributed by atoms with E-state index < -0.39 is 4.92 Å². The first kappa shape index (κ1) is 17.2. The molecular formula is C18H16N2O4. The minimum Gasteiger partial charge on any atom is -0.461 e. The predicted molar refractivity (Wildman–Crippen MR) is 87.1 cm³/mol. The maximum absolute atomic E-state index is 11.8. The minimum absolute atomic E-state index is 0.0136. The van der Waals surface area contributed by atoms with Gasteiger partial charge in [0.1, 0.15) is 6.61 Å². The fraction of sp³-hybridized carbons (Fsp3) is 0.222. The standard InChI is InChI=1S/C18H16N2O4/c1-13-16(3-2-4-17(13)20(22)23)12-24-18(21)10-9-14-5-7-15(11-19)8-6-14/h2-8H,9-10,12H2,1H3. The molecule has 0 aromatic heterocycles. The second kappa shape index (κ2) is 7.88. The van der Waals surface area contributed by atoms with Crippen LogP contribution in [0.5, 0.6) is 0 Å². The van der Waals surface area contributed by atoms with Crippen LogP contribution >= 0.6 is 0 Å². The van der Waals surface area contributed by atoms with Crippen LogP contribution in [0.25, 0.3) is 0 Å². The summed E-state index contributed by atoms with van der Waals surface area (Å²) in [4.78, 5) is 22.3. The lowest BCUT2D eigenvalue weighted by atomic mass is 10.1. The molecule has 0 saturated heterocycles. The summed E-state index contributed by atoms with van der Waals surface area (Å²) in [6.07, 6.45) is 0.721. The third-order valence-electron chi connectivity index (χ3n) is 3.70. The zero-order valence-electron chi connectivity index (χ0n) is 13.2. The van der Waals surface area contributed by atoms with Gasteiger partial charge < -0.3 is 4.74 Å². The van der Waals surface area contributed by atoms with E-state index in [9.17, 15) is 14.9 Å². The molecule has 0 heterocycles. The van der Waals surface area contributed by atoms with Gasteiger partial charge in [-0.25, -0.2) is 0 Å². The summed E-state index contributed by atoms with van der Waals surface area (Å²) in [6, 6.07) is 13.7. The number of carbonyl (C=O) groups excluding carboxylic acids is 1. The van der Waals surface area contributed by atoms with Crippen LogP contribution in [-0.4, -0.2) is 10.9 Å². The van der Waals surface area contributed by atoms with E-state index in [1.165, 1.54) is 6.07 Å². The average molecular weight is 324 g/mol. The molecule has 2 rings (SSSR count). The van der Waals surface area contributed by atoms with Gasteiger partial charge in [-0.15, -0.1) is 0 Å². The van der Waals surface area contributed by atoms with Crippen LogP contribution in [0.4, 0.5) is 5.69 Å². The molecule has 0 fully saturated rings. The van der Waals surface area contributed by atoms with Crippen molar-refractivity contribution in [3.8, 4) is 6.07 Å². The van der Waals surface area contributed by atoms with E-state index >= 15 is 0 Å². The van der Waals surface area contributed by atoms with E-state index in [0.717, 1.165) is 5.56 Å². The average Bonchev–Trinajstić information content (AvgIpc) is 2.59. The summed E-state index contributed by atoms with van der Waals surface area (Å²) in [5.74, 6) is -0.370. The molecular weight excluding hydrogens is 308 g/mol. The van der Waals surface area contributed by atoms with E-state index in [0.29, 0.717) is 23.1 Å². The molecule has 0 radical (unpaired) electrons. The molecule has 0 unspecified atom stereocenters. The van der Waals surface area contributed by atoms with Crippen molar-refractivity contribution in [2.45, 2.75) is 26.4 Å². The predicted octanol–water partition coefficient (Wildman–Crippen LogP) is 3.45. The Morgan fingerprint density at radius 2 is 1.96 bits per heavy atom. The molecule has 0 bridgehead atoms. The fourth-order valence-corrected chi connectivity index (χ4v) is 2.25. The molecule has 2 aromatic rings. The van der Waals surface area contributed by atoms with Crippen molar-refractivity contribution in [2.75, 3.05) is 0 Å². The first-order valence-corrected chi connectivity index (χ1v) is 7.39. The highest BCUT2D eigenvalue weighted by atomic mass is 16.6. The van der Waals surface area contributed by atoms with Crippen molar-refractivity contribution in [3.05, 3.63) is 74.8 Å². The third-order valence-corrected chi connectivity index (χ3v) is 3.70. The molecule has 122 valence electrons. The number of ether oxygens (including phenoxy) is 1. The summed E-state index contributed by atoms with van der Waals surface area (Å²) in [5.41, 5.74) is 2.65. The fourth-order valence-electron chi connectivity index (χ4n) is 2.25. The number of carbonyl (C=O) groups is 1. The van der Waals surface area contributed by atoms with Gasteiger partial charge in [-0.05, 0) is 36.6 Å². The van der Waals surface area contributed by atoms with E-state index in [-0.39, 0.29) is 24.7 Å². The van der Waals surface area contributed by atoms with Crippen LogP contribution in [-0.2, 0) is 22.6 Å². The molecule has 0 atom stereocenters. The number of hydrogen-bond acceptors (Lipinski definition) is 5. The Morgan fingerprint density at radius 1 is 1.25 bits per heavy atom. The van der Waals surface area contributed by atoms with Gasteiger partial charge in [0.15, 0.2) is 0 Å². The van der Waals surface area contributed by atoms with Crippen LogP contribution in [0.15, 0.2) is 42.5 Å². The molecule has 6 heteroatoms. The number of rotatable bonds is 6. The normalized spacial score (nSPS) is 10.0. The number of nitro groups is 1. The van der Waals surface area contributed by atoms with Crippen LogP contribution in [0.1, 0.15) is 28.7 Å². The molecule has 6 nitrogen and oxygen atoms in total. The summed E-state index contributed by atoms with van der Waals surface area (Å²) < 4.78 is 5.20. The van der Waals surface area contributed by atoms with Gasteiger partial charge >= 0.3 is 5.97 Å². The number of hydrogen-bond donors (Lipinski definition) is 0. The first-order chi connectivity index (χ1) is 11.5. The molecule has 24 heavy (non-hydrogen) atoms. The number of esters is 1. The highest BCUT2D eigenvalue weighted by Gasteiger charge is 2.14. The Morgan fingerprint density at radius 3 is 2.58 bits per heavy atom. The number of nitriles is 1. The lowest BCUT2D eigenvalue weighted by Gasteiger charge is -2.08. The summed E-state index contributed by atoms with van der Waals surface area (Å²) >= 11 is 0. The van der Waals surface area contributed by atoms with Crippen LogP contribution < -0.4 is 0 Å². The number of aryl methyl sites for hydroxylation is 1. The number of nitrogens with zero attached hydrogens (tertiary/aromatic N) is 2. The van der Waals surface area contributed by atoms with Gasteiger partial charge in [0.25, 0.3) is 5.69 Å². The van der Waals surface area contributed by atoms with Crippen molar-refractivity contribution in [1.82, 2.24) is 0 Å². The Bertz CT molecular complexity index is 792. The lowest BCUT2D eigenvalue weighted by molar-refractivity contribution is -0.385. The molecule has 0 amide bonds. The van der Waals surface area contributed by atoms with E-state index in [2.05, 4.69) is 0 Å². The number of nitro benzene ring substituents is 1. The Kier molecular flexibility index (Phi) is 5.63. The van der Waals surface area contributed by atoms with Crippen LogP contribution in [0, 0.1) is 28.4 Å². The summed E-state index contributed by atoms with van der Waals surface area (Å²) in [6.45, 7) is 1.65. The lowest BCUT2D eigenvalue weighted by Crippen LogP contribution is -2.07. The molecule has 0 aliphatic carbocycles. The van der Waals surface area contributed by atoms with Crippen molar-refractivity contribution in [2.24, 2.45) is 0 Å². The molecule has 0 spiro atoms. The van der Waals surface area contributed by atoms with Crippen molar-refractivity contribution in [1.29, 1.82) is 5.26 Å². The third kappa shape index (κ3) is 4.40. The maximum atomic E-state index is 11.8. The Balaban J connectivity index is 1.88. The van der Waals surface area contributed by atoms with Gasteiger partial charge in [0, 0.05) is 18.1 Å². The largest absolute Gasteiger partial charge is 0.461 e. The van der Waals surface area contributed by atoms with Crippen molar-refractivity contribution in [3.63, 3.8) is 0 Å². The van der Waals surface area contributed by atoms with E-state index in [1.807, 2.05) is 6.07 Å². The molecule has 0 saturated carbocycles. The van der Waals surface area contributed by atoms with Crippen molar-refractivity contribution < 1.29 is 14.5 Å². The van der Waals surface area contributed by atoms with E-state index in [1.54, 1.807) is 43.3 Å². The quantitative estimate of drug-likeness (QED) is 0.461.